The van der Waals surface area contributed by atoms with E-state index in [4.69, 9.17) is 42.0 Å². The maximum atomic E-state index is 13.0. The summed E-state index contributed by atoms with van der Waals surface area (Å²) in [5.74, 6) is -3.45. The number of imidazole rings is 1. The number of aromatic nitrogens is 3. The molecule has 342 valence electrons. The fraction of sp³-hybridized carbons (Fsp3) is 0.311. The number of pyridine rings is 1. The molecule has 0 aliphatic carbocycles. The third-order valence-electron chi connectivity index (χ3n) is 11.5. The second-order valence-electron chi connectivity index (χ2n) is 17.7. The number of para-hydroxylation sites is 1. The number of phenolic OH excluding ortho intramolecular Hbond substituents is 1. The molecular formula is C61H66N3OPt-. The SMILES string of the molecule is [2H]C(C)(C)c1cc(-n2c(-c3cc(C(C([2H])([2H])[2H])(C([2H])([2H])[2H])C([2H])([2H])[2H])cc(C(C([2H])([2H])[2H])(C([2H])([2H])[2H])C([2H])([2H])[2H])c3O)nc3c(-c4[c-]c(-c5cc(-c6ccc(C(C([2H])([2H])[2H])(C([2H])([2H])[2H])C([2H])([2H])[2H])cc6)ccn5)cc(C(C)(C)C)c4)cccc32)ccc1-c1ccccc1.[Pt]. The van der Waals surface area contributed by atoms with E-state index in [1.807, 2.05) is 26.8 Å². The topological polar surface area (TPSA) is 50.9 Å². The van der Waals surface area contributed by atoms with E-state index in [9.17, 15) is 6.48 Å². The van der Waals surface area contributed by atoms with E-state index >= 15 is 0 Å². The normalized spacial score (nSPS) is 20.6. The molecule has 8 rings (SSSR count). The van der Waals surface area contributed by atoms with Crippen molar-refractivity contribution in [1.29, 1.82) is 0 Å². The Morgan fingerprint density at radius 1 is 0.591 bits per heavy atom. The zero-order chi connectivity index (χ0) is 70.2. The van der Waals surface area contributed by atoms with Gasteiger partial charge in [-0.2, -0.15) is 0 Å². The molecule has 0 bridgehead atoms. The van der Waals surface area contributed by atoms with Crippen LogP contribution in [-0.2, 0) is 42.7 Å². The zero-order valence-corrected chi connectivity index (χ0v) is 39.1. The first kappa shape index (κ1) is 23.9. The number of hydrogen-bond acceptors (Lipinski definition) is 3. The summed E-state index contributed by atoms with van der Waals surface area (Å²) in [6.45, 7) is -26.6. The van der Waals surface area contributed by atoms with Crippen LogP contribution in [0.1, 0.15) is 168 Å². The molecule has 6 aromatic carbocycles. The van der Waals surface area contributed by atoms with Gasteiger partial charge >= 0.3 is 0 Å². The van der Waals surface area contributed by atoms with Crippen LogP contribution in [-0.4, -0.2) is 19.6 Å². The molecule has 2 aromatic heterocycles. The van der Waals surface area contributed by atoms with E-state index in [0.717, 1.165) is 12.1 Å². The van der Waals surface area contributed by atoms with E-state index in [1.165, 1.54) is 22.9 Å². The van der Waals surface area contributed by atoms with E-state index in [0.29, 0.717) is 56.3 Å². The Morgan fingerprint density at radius 3 is 1.92 bits per heavy atom. The Labute approximate surface area is 448 Å². The van der Waals surface area contributed by atoms with Crippen molar-refractivity contribution >= 4 is 11.0 Å². The smallest absolute Gasteiger partial charge is 0.148 e. The summed E-state index contributed by atoms with van der Waals surface area (Å²) in [6, 6.07) is 34.8. The van der Waals surface area contributed by atoms with Crippen LogP contribution in [0.3, 0.4) is 0 Å². The van der Waals surface area contributed by atoms with Gasteiger partial charge in [0.05, 0.1) is 16.6 Å². The van der Waals surface area contributed by atoms with Crippen LogP contribution < -0.4 is 0 Å². The number of nitrogens with zero attached hydrogens (tertiary/aromatic N) is 3. The minimum atomic E-state index is -4.23. The standard InChI is InChI=1S/C61H66N3O.Pt/c1-38(2)50-37-47(27-28-48(50)40-19-16-15-17-20-40)64-54-22-18-21-49(55(54)63-57(64)51-35-46(60(9,10)11)36-52(56(51)65)61(12,13)14)42-31-43(33-45(32-42)59(6,7)8)53-34-41(29-30-62-53)39-23-25-44(26-24-39)58(3,4)5;/h15-30,32-38,65H,1-14H3;/q-1;/i3D3,4D3,5D3,9D3,10D3,11D3,12D3,13D3,14D3,38D;. The summed E-state index contributed by atoms with van der Waals surface area (Å²) >= 11 is 0. The second-order valence-corrected chi connectivity index (χ2v) is 17.7. The number of fused-ring (bicyclic) bond motifs is 1. The quantitative estimate of drug-likeness (QED) is 0.162. The van der Waals surface area contributed by atoms with Crippen LogP contribution in [0, 0.1) is 6.07 Å². The van der Waals surface area contributed by atoms with Gasteiger partial charge in [0, 0.05) is 82.6 Å². The Morgan fingerprint density at radius 2 is 1.26 bits per heavy atom. The van der Waals surface area contributed by atoms with Crippen molar-refractivity contribution in [2.75, 3.05) is 0 Å². The minimum Gasteiger partial charge on any atom is -0.507 e. The van der Waals surface area contributed by atoms with Gasteiger partial charge in [0.25, 0.3) is 0 Å². The van der Waals surface area contributed by atoms with Gasteiger partial charge in [-0.3, -0.25) is 9.55 Å². The first-order valence-corrected chi connectivity index (χ1v) is 20.8. The zero-order valence-electron chi connectivity index (χ0n) is 64.8. The number of benzene rings is 6. The first-order chi connectivity index (χ1) is 42.0. The fourth-order valence-electron chi connectivity index (χ4n) is 7.98. The number of aromatic hydroxyl groups is 1. The summed E-state index contributed by atoms with van der Waals surface area (Å²) in [7, 11) is 0. The summed E-state index contributed by atoms with van der Waals surface area (Å²) in [6.07, 6.45) is 1.46. The van der Waals surface area contributed by atoms with Gasteiger partial charge in [-0.15, -0.1) is 29.3 Å². The average Bonchev–Trinajstić information content (AvgIpc) is 0.775. The second kappa shape index (κ2) is 17.9. The molecule has 0 aliphatic heterocycles. The molecule has 0 saturated carbocycles. The molecular weight excluding hydrogens is 986 g/mol. The summed E-state index contributed by atoms with van der Waals surface area (Å²) < 4.78 is 243. The van der Waals surface area contributed by atoms with Gasteiger partial charge in [0.15, 0.2) is 0 Å². The predicted octanol–water partition coefficient (Wildman–Crippen LogP) is 16.6. The molecule has 0 amide bonds. The number of hydrogen-bond donors (Lipinski definition) is 1. The molecule has 0 spiro atoms. The number of rotatable bonds is 7. The molecule has 0 atom stereocenters. The Hall–Kier alpha value is -5.57. The number of phenols is 1. The Kier molecular flexibility index (Phi) is 6.50. The third-order valence-corrected chi connectivity index (χ3v) is 11.5. The van der Waals surface area contributed by atoms with E-state index in [2.05, 4.69) is 11.1 Å². The monoisotopic (exact) mass is 1080 g/mol. The van der Waals surface area contributed by atoms with Crippen LogP contribution >= 0.6 is 0 Å². The van der Waals surface area contributed by atoms with Crippen molar-refractivity contribution in [3.05, 3.63) is 167 Å². The predicted molar refractivity (Wildman–Crippen MR) is 275 cm³/mol. The fourth-order valence-corrected chi connectivity index (χ4v) is 7.98. The molecule has 2 heterocycles. The van der Waals surface area contributed by atoms with E-state index in [1.54, 1.807) is 98.8 Å². The van der Waals surface area contributed by atoms with Gasteiger partial charge in [-0.05, 0) is 96.8 Å². The van der Waals surface area contributed by atoms with Crippen LogP contribution in [0.2, 0.25) is 0 Å². The molecule has 4 nitrogen and oxygen atoms in total. The molecule has 0 radical (unpaired) electrons. The van der Waals surface area contributed by atoms with Crippen LogP contribution in [0.5, 0.6) is 5.75 Å². The molecule has 5 heteroatoms. The Balaban J connectivity index is 0.0000125. The summed E-state index contributed by atoms with van der Waals surface area (Å²) in [4.78, 5) is 9.75. The molecule has 0 aliphatic rings. The first-order valence-electron chi connectivity index (χ1n) is 34.8. The van der Waals surface area contributed by atoms with Crippen LogP contribution in [0.25, 0.3) is 72.7 Å². The van der Waals surface area contributed by atoms with Crippen molar-refractivity contribution < 1.29 is 64.6 Å². The van der Waals surface area contributed by atoms with E-state index < -0.39 is 123 Å². The molecule has 0 unspecified atom stereocenters. The maximum absolute atomic E-state index is 13.0. The summed E-state index contributed by atoms with van der Waals surface area (Å²) in [5.41, 5.74) is -11.9. The van der Waals surface area contributed by atoms with Gasteiger partial charge in [-0.25, -0.2) is 4.98 Å². The van der Waals surface area contributed by atoms with Crippen molar-refractivity contribution in [3.63, 3.8) is 0 Å². The van der Waals surface area contributed by atoms with E-state index in [-0.39, 0.29) is 49.4 Å². The third kappa shape index (κ3) is 9.63. The van der Waals surface area contributed by atoms with Crippen molar-refractivity contribution in [3.8, 4) is 67.5 Å². The van der Waals surface area contributed by atoms with Gasteiger partial charge in [0.2, 0.25) is 0 Å². The largest absolute Gasteiger partial charge is 0.507 e. The van der Waals surface area contributed by atoms with Crippen LogP contribution in [0.15, 0.2) is 134 Å². The molecule has 0 fully saturated rings. The van der Waals surface area contributed by atoms with Crippen LogP contribution in [0.4, 0.5) is 0 Å². The minimum absolute atomic E-state index is 0. The molecule has 0 saturated heterocycles. The van der Waals surface area contributed by atoms with Gasteiger partial charge in [-0.1, -0.05) is 192 Å². The van der Waals surface area contributed by atoms with Gasteiger partial charge in [0.1, 0.15) is 11.6 Å². The summed E-state index contributed by atoms with van der Waals surface area (Å²) in [5, 5.41) is 13.0. The average molecular weight is 1080 g/mol. The molecule has 1 N–H and O–H groups in total. The van der Waals surface area contributed by atoms with Crippen molar-refractivity contribution in [2.24, 2.45) is 0 Å². The molecule has 66 heavy (non-hydrogen) atoms. The Bertz CT molecular complexity index is 4000. The molecule has 8 aromatic rings. The maximum Gasteiger partial charge on any atom is 0.148 e. The van der Waals surface area contributed by atoms with Crippen molar-refractivity contribution in [2.45, 2.75) is 124 Å². The van der Waals surface area contributed by atoms with Crippen molar-refractivity contribution in [1.82, 2.24) is 14.5 Å². The van der Waals surface area contributed by atoms with Gasteiger partial charge < -0.3 is 5.11 Å².